The predicted octanol–water partition coefficient (Wildman–Crippen LogP) is 6.83. The van der Waals surface area contributed by atoms with Gasteiger partial charge in [0, 0.05) is 33.2 Å². The zero-order chi connectivity index (χ0) is 29.6. The molecule has 3 aromatic carbocycles. The average Bonchev–Trinajstić information content (AvgIpc) is 2.91. The van der Waals surface area contributed by atoms with Crippen molar-refractivity contribution in [3.8, 4) is 0 Å². The van der Waals surface area contributed by atoms with E-state index in [-0.39, 0.29) is 28.2 Å². The Morgan fingerprint density at radius 1 is 0.875 bits per heavy atom. The highest BCUT2D eigenvalue weighted by atomic mass is 35.5. The lowest BCUT2D eigenvalue weighted by molar-refractivity contribution is -0.139. The van der Waals surface area contributed by atoms with Crippen molar-refractivity contribution in [1.82, 2.24) is 10.2 Å². The first-order chi connectivity index (χ1) is 18.9. The third-order valence-electron chi connectivity index (χ3n) is 6.35. The lowest BCUT2D eigenvalue weighted by Gasteiger charge is -2.33. The highest BCUT2D eigenvalue weighted by Gasteiger charge is 2.34. The molecule has 214 valence electrons. The molecule has 0 saturated heterocycles. The second-order valence-corrected chi connectivity index (χ2v) is 12.7. The van der Waals surface area contributed by atoms with Gasteiger partial charge in [-0.15, -0.1) is 0 Å². The molecule has 2 atom stereocenters. The average molecular weight is 645 g/mol. The Kier molecular flexibility index (Phi) is 11.1. The van der Waals surface area contributed by atoms with Gasteiger partial charge in [-0.3, -0.25) is 13.9 Å². The van der Waals surface area contributed by atoms with Crippen LogP contribution in [-0.2, 0) is 26.2 Å². The van der Waals surface area contributed by atoms with Gasteiger partial charge in [0.05, 0.1) is 15.6 Å². The van der Waals surface area contributed by atoms with Crippen LogP contribution < -0.4 is 9.62 Å². The molecule has 0 radical (unpaired) electrons. The quantitative estimate of drug-likeness (QED) is 0.248. The summed E-state index contributed by atoms with van der Waals surface area (Å²) in [6.07, 6.45) is 0.681. The van der Waals surface area contributed by atoms with Crippen molar-refractivity contribution in [1.29, 1.82) is 0 Å². The summed E-state index contributed by atoms with van der Waals surface area (Å²) in [5.41, 5.74) is 0.472. The summed E-state index contributed by atoms with van der Waals surface area (Å²) in [5.74, 6) is -1.08. The van der Waals surface area contributed by atoms with Crippen molar-refractivity contribution in [3.63, 3.8) is 0 Å². The number of benzene rings is 3. The number of hydrogen-bond donors (Lipinski definition) is 1. The van der Waals surface area contributed by atoms with Gasteiger partial charge in [0.25, 0.3) is 10.0 Å². The third kappa shape index (κ3) is 7.62. The first kappa shape index (κ1) is 32.0. The molecule has 12 heteroatoms. The molecule has 0 unspecified atom stereocenters. The number of anilines is 1. The maximum absolute atomic E-state index is 14.0. The summed E-state index contributed by atoms with van der Waals surface area (Å²) in [7, 11) is -4.27. The highest BCUT2D eigenvalue weighted by molar-refractivity contribution is 7.92. The maximum Gasteiger partial charge on any atom is 0.264 e. The van der Waals surface area contributed by atoms with Gasteiger partial charge in [0.1, 0.15) is 12.6 Å². The van der Waals surface area contributed by atoms with Crippen molar-refractivity contribution in [2.75, 3.05) is 10.8 Å². The van der Waals surface area contributed by atoms with Gasteiger partial charge >= 0.3 is 0 Å². The van der Waals surface area contributed by atoms with Gasteiger partial charge in [-0.2, -0.15) is 0 Å². The number of carbonyl (C=O) groups excluding carboxylic acids is 2. The number of nitrogens with zero attached hydrogens (tertiary/aromatic N) is 2. The molecule has 0 aliphatic heterocycles. The Morgan fingerprint density at radius 2 is 1.50 bits per heavy atom. The fourth-order valence-electron chi connectivity index (χ4n) is 3.82. The Labute approximate surface area is 255 Å². The highest BCUT2D eigenvalue weighted by Crippen LogP contribution is 2.33. The number of halogens is 4. The minimum Gasteiger partial charge on any atom is -0.352 e. The van der Waals surface area contributed by atoms with E-state index >= 15 is 0 Å². The first-order valence-corrected chi connectivity index (χ1v) is 15.4. The Hall–Kier alpha value is -2.49. The van der Waals surface area contributed by atoms with Crippen LogP contribution in [0.3, 0.4) is 0 Å². The molecular weight excluding hydrogens is 616 g/mol. The SMILES string of the molecule is CC[C@H](C)NC(=O)[C@H](C)N(Cc1c(Cl)cccc1Cl)C(=O)CN(c1ccc(Cl)cc1Cl)S(=O)(=O)c1ccccc1. The van der Waals surface area contributed by atoms with Crippen LogP contribution in [0.15, 0.2) is 71.6 Å². The van der Waals surface area contributed by atoms with E-state index in [2.05, 4.69) is 5.32 Å². The minimum atomic E-state index is -4.27. The summed E-state index contributed by atoms with van der Waals surface area (Å²) >= 11 is 25.3. The number of hydrogen-bond acceptors (Lipinski definition) is 4. The van der Waals surface area contributed by atoms with Gasteiger partial charge in [0.15, 0.2) is 0 Å². The lowest BCUT2D eigenvalue weighted by atomic mass is 10.1. The van der Waals surface area contributed by atoms with Gasteiger partial charge in [-0.25, -0.2) is 8.42 Å². The van der Waals surface area contributed by atoms with Crippen molar-refractivity contribution in [3.05, 3.63) is 92.4 Å². The lowest BCUT2D eigenvalue weighted by Crippen LogP contribution is -2.52. The van der Waals surface area contributed by atoms with Crippen LogP contribution in [0.25, 0.3) is 0 Å². The summed E-state index contributed by atoms with van der Waals surface area (Å²) in [4.78, 5) is 28.3. The summed E-state index contributed by atoms with van der Waals surface area (Å²) < 4.78 is 28.6. The van der Waals surface area contributed by atoms with Crippen LogP contribution in [-0.4, -0.2) is 43.8 Å². The third-order valence-corrected chi connectivity index (χ3v) is 9.37. The largest absolute Gasteiger partial charge is 0.352 e. The molecule has 3 rings (SSSR count). The molecule has 0 aromatic heterocycles. The molecule has 0 fully saturated rings. The summed E-state index contributed by atoms with van der Waals surface area (Å²) in [5, 5.41) is 3.79. The van der Waals surface area contributed by atoms with Crippen LogP contribution in [0, 0.1) is 0 Å². The van der Waals surface area contributed by atoms with E-state index in [1.807, 2.05) is 13.8 Å². The van der Waals surface area contributed by atoms with Gasteiger partial charge < -0.3 is 10.2 Å². The van der Waals surface area contributed by atoms with E-state index in [1.165, 1.54) is 35.2 Å². The van der Waals surface area contributed by atoms with E-state index in [0.29, 0.717) is 27.1 Å². The van der Waals surface area contributed by atoms with E-state index in [4.69, 9.17) is 46.4 Å². The molecule has 0 aliphatic rings. The molecule has 0 spiro atoms. The summed E-state index contributed by atoms with van der Waals surface area (Å²) in [6.45, 7) is 4.52. The number of nitrogens with one attached hydrogen (secondary N) is 1. The van der Waals surface area contributed by atoms with E-state index in [0.717, 1.165) is 4.31 Å². The van der Waals surface area contributed by atoms with Gasteiger partial charge in [0.2, 0.25) is 11.8 Å². The molecule has 0 saturated carbocycles. The fourth-order valence-corrected chi connectivity index (χ4v) is 6.35. The number of carbonyl (C=O) groups is 2. The summed E-state index contributed by atoms with van der Waals surface area (Å²) in [6, 6.07) is 15.7. The first-order valence-electron chi connectivity index (χ1n) is 12.4. The molecule has 0 heterocycles. The van der Waals surface area contributed by atoms with Crippen molar-refractivity contribution in [2.24, 2.45) is 0 Å². The second-order valence-electron chi connectivity index (χ2n) is 9.14. The van der Waals surface area contributed by atoms with E-state index in [1.54, 1.807) is 43.3 Å². The molecule has 1 N–H and O–H groups in total. The van der Waals surface area contributed by atoms with Crippen LogP contribution in [0.2, 0.25) is 20.1 Å². The van der Waals surface area contributed by atoms with Crippen molar-refractivity contribution < 1.29 is 18.0 Å². The Bertz CT molecular complexity index is 1450. The molecule has 0 bridgehead atoms. The Balaban J connectivity index is 2.09. The van der Waals surface area contributed by atoms with Crippen LogP contribution in [0.4, 0.5) is 5.69 Å². The standard InChI is InChI=1S/C28H29Cl4N3O4S/c1-4-18(2)33-28(37)19(3)34(16-22-23(30)11-8-12-24(22)31)27(36)17-35(26-14-13-20(29)15-25(26)32)40(38,39)21-9-6-5-7-10-21/h5-15,18-19H,4,16-17H2,1-3H3,(H,33,37)/t18-,19-/m0/s1. The zero-order valence-electron chi connectivity index (χ0n) is 22.1. The smallest absolute Gasteiger partial charge is 0.264 e. The number of sulfonamides is 1. The number of rotatable bonds is 11. The van der Waals surface area contributed by atoms with E-state index in [9.17, 15) is 18.0 Å². The molecule has 7 nitrogen and oxygen atoms in total. The molecule has 2 amide bonds. The maximum atomic E-state index is 14.0. The molecular formula is C28H29Cl4N3O4S. The van der Waals surface area contributed by atoms with Crippen LogP contribution in [0.1, 0.15) is 32.8 Å². The molecule has 0 aliphatic carbocycles. The predicted molar refractivity (Wildman–Crippen MR) is 162 cm³/mol. The zero-order valence-corrected chi connectivity index (χ0v) is 25.9. The van der Waals surface area contributed by atoms with Gasteiger partial charge in [-0.05, 0) is 62.7 Å². The van der Waals surface area contributed by atoms with Crippen LogP contribution >= 0.6 is 46.4 Å². The minimum absolute atomic E-state index is 0.0306. The molecule has 3 aromatic rings. The van der Waals surface area contributed by atoms with Crippen molar-refractivity contribution in [2.45, 2.75) is 50.7 Å². The number of amides is 2. The van der Waals surface area contributed by atoms with Crippen molar-refractivity contribution >= 4 is 73.9 Å². The van der Waals surface area contributed by atoms with E-state index < -0.39 is 34.4 Å². The monoisotopic (exact) mass is 643 g/mol. The van der Waals surface area contributed by atoms with Gasteiger partial charge in [-0.1, -0.05) is 77.6 Å². The molecule has 40 heavy (non-hydrogen) atoms. The second kappa shape index (κ2) is 13.9. The normalized spacial score (nSPS) is 12.9. The topological polar surface area (TPSA) is 86.8 Å². The van der Waals surface area contributed by atoms with Crippen LogP contribution in [0.5, 0.6) is 0 Å². The Morgan fingerprint density at radius 3 is 2.08 bits per heavy atom. The fraction of sp³-hybridized carbons (Fsp3) is 0.286.